The minimum absolute atomic E-state index is 0.0258. The van der Waals surface area contributed by atoms with Crippen molar-refractivity contribution in [2.45, 2.75) is 78.6 Å². The van der Waals surface area contributed by atoms with E-state index in [4.69, 9.17) is 15.0 Å². The lowest BCUT2D eigenvalue weighted by Crippen LogP contribution is -2.10. The molecule has 0 aliphatic carbocycles. The number of nitrogens with zero attached hydrogens (tertiary/aromatic N) is 7. The van der Waals surface area contributed by atoms with Crippen LogP contribution in [0.4, 0.5) is 0 Å². The third-order valence-electron chi connectivity index (χ3n) is 14.1. The lowest BCUT2D eigenvalue weighted by Gasteiger charge is -2.19. The number of fused-ring (bicyclic) bond motifs is 6. The fourth-order valence-electron chi connectivity index (χ4n) is 10.1. The van der Waals surface area contributed by atoms with Gasteiger partial charge in [-0.15, -0.1) is 0 Å². The molecule has 0 aliphatic heterocycles. The van der Waals surface area contributed by atoms with E-state index >= 15 is 0 Å². The average molecular weight is 934 g/mol. The standard InChI is InChI=1S/C65H55N7/c1-63(2,3)46-24-29-57-51(35-46)49-20-13-14-21-55(49)72(57)56-28-23-44(34-50(56)42-19-15-16-40(32-42)38-66)62-69-60(41-17-11-10-12-18-41)68-61(70-62)43-22-27-54(45(33-43)39-67)71-58-30-25-47(64(4,5)6)36-52(58)53-37-48(65(7,8)9)26-31-59(53)71/h10-37H,1-9H3. The van der Waals surface area contributed by atoms with E-state index in [1.165, 1.54) is 27.5 Å². The van der Waals surface area contributed by atoms with Gasteiger partial charge in [-0.05, 0) is 129 Å². The predicted octanol–water partition coefficient (Wildman–Crippen LogP) is 16.4. The third kappa shape index (κ3) is 7.98. The molecule has 0 bridgehead atoms. The average Bonchev–Trinajstić information content (AvgIpc) is 3.89. The molecule has 8 aromatic carbocycles. The number of para-hydroxylation sites is 1. The Balaban J connectivity index is 1.10. The number of aromatic nitrogens is 5. The summed E-state index contributed by atoms with van der Waals surface area (Å²) in [5, 5.41) is 25.8. The van der Waals surface area contributed by atoms with Gasteiger partial charge in [0.1, 0.15) is 6.07 Å². The molecule has 7 heteroatoms. The van der Waals surface area contributed by atoms with Crippen LogP contribution in [0.25, 0.3) is 100 Å². The highest BCUT2D eigenvalue weighted by atomic mass is 15.0. The highest BCUT2D eigenvalue weighted by molar-refractivity contribution is 6.11. The molecule has 3 aromatic heterocycles. The third-order valence-corrected chi connectivity index (χ3v) is 14.1. The SMILES string of the molecule is CC(C)(C)c1ccc2c(c1)c1cc(C(C)(C)C)ccc1n2-c1ccc(-c2nc(-c3ccccc3)nc(-c3ccc(-n4c5ccccc5c5cc(C(C)(C)C)ccc54)c(-c4cccc(C#N)c4)c3)n2)cc1C#N. The number of rotatable bonds is 6. The topological polar surface area (TPSA) is 96.1 Å². The first-order valence-electron chi connectivity index (χ1n) is 24.6. The number of benzene rings is 8. The summed E-state index contributed by atoms with van der Waals surface area (Å²) in [5.74, 6) is 1.44. The van der Waals surface area contributed by atoms with E-state index in [2.05, 4.69) is 187 Å². The van der Waals surface area contributed by atoms with Gasteiger partial charge in [0.25, 0.3) is 0 Å². The van der Waals surface area contributed by atoms with E-state index < -0.39 is 0 Å². The van der Waals surface area contributed by atoms with Crippen molar-refractivity contribution in [3.8, 4) is 68.8 Å². The molecule has 0 atom stereocenters. The van der Waals surface area contributed by atoms with Gasteiger partial charge in [-0.25, -0.2) is 15.0 Å². The fourth-order valence-corrected chi connectivity index (χ4v) is 10.1. The van der Waals surface area contributed by atoms with E-state index in [0.29, 0.717) is 34.2 Å². The zero-order valence-corrected chi connectivity index (χ0v) is 42.3. The molecule has 0 aliphatic rings. The van der Waals surface area contributed by atoms with Gasteiger partial charge in [0.2, 0.25) is 0 Å². The zero-order valence-electron chi connectivity index (χ0n) is 42.3. The van der Waals surface area contributed by atoms with Crippen LogP contribution in [-0.4, -0.2) is 24.1 Å². The second-order valence-corrected chi connectivity index (χ2v) is 22.1. The molecule has 0 saturated heterocycles. The van der Waals surface area contributed by atoms with Gasteiger partial charge in [0, 0.05) is 43.8 Å². The van der Waals surface area contributed by atoms with Gasteiger partial charge in [0.05, 0.1) is 50.6 Å². The maximum absolute atomic E-state index is 11.0. The van der Waals surface area contributed by atoms with Gasteiger partial charge in [-0.2, -0.15) is 10.5 Å². The Morgan fingerprint density at radius 2 is 0.819 bits per heavy atom. The molecule has 11 rings (SSSR count). The number of hydrogen-bond acceptors (Lipinski definition) is 5. The van der Waals surface area contributed by atoms with Gasteiger partial charge < -0.3 is 9.13 Å². The van der Waals surface area contributed by atoms with Crippen molar-refractivity contribution in [3.63, 3.8) is 0 Å². The van der Waals surface area contributed by atoms with E-state index in [0.717, 1.165) is 66.5 Å². The van der Waals surface area contributed by atoms with Crippen molar-refractivity contribution < 1.29 is 0 Å². The predicted molar refractivity (Wildman–Crippen MR) is 296 cm³/mol. The van der Waals surface area contributed by atoms with Crippen molar-refractivity contribution >= 4 is 43.6 Å². The maximum atomic E-state index is 11.0. The zero-order chi connectivity index (χ0) is 50.3. The van der Waals surface area contributed by atoms with Crippen LogP contribution in [0.1, 0.15) is 90.1 Å². The first-order valence-corrected chi connectivity index (χ1v) is 24.6. The minimum Gasteiger partial charge on any atom is -0.309 e. The quantitative estimate of drug-likeness (QED) is 0.165. The Labute approximate surface area is 421 Å². The highest BCUT2D eigenvalue weighted by Gasteiger charge is 2.25. The second-order valence-electron chi connectivity index (χ2n) is 22.1. The van der Waals surface area contributed by atoms with Crippen LogP contribution in [0.3, 0.4) is 0 Å². The van der Waals surface area contributed by atoms with Crippen LogP contribution >= 0.6 is 0 Å². The second kappa shape index (κ2) is 17.0. The summed E-state index contributed by atoms with van der Waals surface area (Å²) in [6.45, 7) is 20.2. The molecule has 0 saturated carbocycles. The number of hydrogen-bond donors (Lipinski definition) is 0. The first kappa shape index (κ1) is 45.8. The van der Waals surface area contributed by atoms with Gasteiger partial charge in [-0.1, -0.05) is 141 Å². The monoisotopic (exact) mass is 933 g/mol. The molecule has 7 nitrogen and oxygen atoms in total. The summed E-state index contributed by atoms with van der Waals surface area (Å²) in [4.78, 5) is 15.5. The Kier molecular flexibility index (Phi) is 10.8. The molecular formula is C65H55N7. The Morgan fingerprint density at radius 3 is 1.36 bits per heavy atom. The maximum Gasteiger partial charge on any atom is 0.164 e. The lowest BCUT2D eigenvalue weighted by molar-refractivity contribution is 0.590. The van der Waals surface area contributed by atoms with Crippen molar-refractivity contribution in [1.29, 1.82) is 10.5 Å². The molecule has 0 fully saturated rings. The lowest BCUT2D eigenvalue weighted by atomic mass is 9.85. The molecule has 11 aromatic rings. The van der Waals surface area contributed by atoms with Crippen LogP contribution in [0, 0.1) is 22.7 Å². The summed E-state index contributed by atoms with van der Waals surface area (Å²) in [7, 11) is 0. The Hall–Kier alpha value is -8.65. The van der Waals surface area contributed by atoms with Crippen LogP contribution in [-0.2, 0) is 16.2 Å². The van der Waals surface area contributed by atoms with E-state index in [9.17, 15) is 10.5 Å². The van der Waals surface area contributed by atoms with Gasteiger partial charge >= 0.3 is 0 Å². The molecular weight excluding hydrogens is 879 g/mol. The van der Waals surface area contributed by atoms with Crippen LogP contribution in [0.15, 0.2) is 170 Å². The summed E-state index contributed by atoms with van der Waals surface area (Å²) in [5.41, 5.74) is 14.9. The van der Waals surface area contributed by atoms with Crippen molar-refractivity contribution in [1.82, 2.24) is 24.1 Å². The smallest absolute Gasteiger partial charge is 0.164 e. The fraction of sp³-hybridized carbons (Fsp3) is 0.185. The van der Waals surface area contributed by atoms with E-state index in [-0.39, 0.29) is 16.2 Å². The van der Waals surface area contributed by atoms with Crippen LogP contribution in [0.5, 0.6) is 0 Å². The normalized spacial score (nSPS) is 12.2. The first-order chi connectivity index (χ1) is 34.5. The largest absolute Gasteiger partial charge is 0.309 e. The van der Waals surface area contributed by atoms with E-state index in [1.54, 1.807) is 0 Å². The molecule has 3 heterocycles. The molecule has 0 N–H and O–H groups in total. The van der Waals surface area contributed by atoms with Gasteiger partial charge in [0.15, 0.2) is 17.5 Å². The highest BCUT2D eigenvalue weighted by Crippen LogP contribution is 2.42. The van der Waals surface area contributed by atoms with Crippen LogP contribution < -0.4 is 0 Å². The summed E-state index contributed by atoms with van der Waals surface area (Å²) in [6.07, 6.45) is 0. The van der Waals surface area contributed by atoms with Crippen molar-refractivity contribution in [2.75, 3.05) is 0 Å². The van der Waals surface area contributed by atoms with Gasteiger partial charge in [-0.3, -0.25) is 0 Å². The molecule has 0 unspecified atom stereocenters. The Bertz CT molecular complexity index is 3990. The van der Waals surface area contributed by atoms with Crippen molar-refractivity contribution in [3.05, 3.63) is 198 Å². The molecule has 350 valence electrons. The molecule has 72 heavy (non-hydrogen) atoms. The summed E-state index contributed by atoms with van der Waals surface area (Å²) >= 11 is 0. The summed E-state index contributed by atoms with van der Waals surface area (Å²) < 4.78 is 4.56. The van der Waals surface area contributed by atoms with Crippen molar-refractivity contribution in [2.24, 2.45) is 0 Å². The summed E-state index contributed by atoms with van der Waals surface area (Å²) in [6, 6.07) is 63.7. The van der Waals surface area contributed by atoms with E-state index in [1.807, 2.05) is 66.7 Å². The number of nitriles is 2. The molecule has 0 spiro atoms. The molecule has 0 radical (unpaired) electrons. The Morgan fingerprint density at radius 1 is 0.361 bits per heavy atom. The van der Waals surface area contributed by atoms with Crippen LogP contribution in [0.2, 0.25) is 0 Å². The minimum atomic E-state index is -0.0408. The molecule has 0 amide bonds.